The molecular formula is C12H17NO2. The monoisotopic (exact) mass is 207 g/mol. The van der Waals surface area contributed by atoms with Crippen molar-refractivity contribution in [3.63, 3.8) is 0 Å². The molecule has 0 saturated heterocycles. The molecule has 1 aromatic rings. The van der Waals surface area contributed by atoms with Crippen molar-refractivity contribution in [1.29, 1.82) is 0 Å². The van der Waals surface area contributed by atoms with Gasteiger partial charge in [0.25, 0.3) is 0 Å². The summed E-state index contributed by atoms with van der Waals surface area (Å²) in [7, 11) is 0. The topological polar surface area (TPSA) is 52.3 Å². The van der Waals surface area contributed by atoms with Gasteiger partial charge in [0.15, 0.2) is 0 Å². The molecule has 0 fully saturated rings. The van der Waals surface area contributed by atoms with Crippen molar-refractivity contribution in [1.82, 2.24) is 0 Å². The van der Waals surface area contributed by atoms with Gasteiger partial charge in [0.1, 0.15) is 6.04 Å². The van der Waals surface area contributed by atoms with Crippen LogP contribution in [0.15, 0.2) is 30.3 Å². The summed E-state index contributed by atoms with van der Waals surface area (Å²) in [4.78, 5) is 11.0. The third-order valence-electron chi connectivity index (χ3n) is 2.07. The van der Waals surface area contributed by atoms with Gasteiger partial charge in [0.2, 0.25) is 0 Å². The summed E-state index contributed by atoms with van der Waals surface area (Å²) in [6.07, 6.45) is 1.76. The van der Waals surface area contributed by atoms with Crippen LogP contribution in [0.4, 0.5) is 0 Å². The van der Waals surface area contributed by atoms with E-state index in [2.05, 4.69) is 12.1 Å². The largest absolute Gasteiger partial charge is 0.465 e. The van der Waals surface area contributed by atoms with Gasteiger partial charge in [-0.25, -0.2) is 0 Å². The highest BCUT2D eigenvalue weighted by Crippen LogP contribution is 2.02. The molecule has 2 N–H and O–H groups in total. The number of nitrogens with two attached hydrogens (primary N) is 1. The fourth-order valence-corrected chi connectivity index (χ4v) is 1.23. The van der Waals surface area contributed by atoms with Crippen molar-refractivity contribution in [3.8, 4) is 0 Å². The fourth-order valence-electron chi connectivity index (χ4n) is 1.23. The maximum absolute atomic E-state index is 11.0. The van der Waals surface area contributed by atoms with E-state index in [-0.39, 0.29) is 5.97 Å². The Morgan fingerprint density at radius 3 is 2.67 bits per heavy atom. The standard InChI is InChI=1S/C12H17NO2/c1-10(13)12(14)15-9-5-8-11-6-3-2-4-7-11/h2-4,6-7,10H,5,8-9,13H2,1H3/t10-/m0/s1. The van der Waals surface area contributed by atoms with E-state index in [1.165, 1.54) is 5.56 Å². The molecule has 0 aliphatic carbocycles. The maximum atomic E-state index is 11.0. The highest BCUT2D eigenvalue weighted by Gasteiger charge is 2.07. The minimum absolute atomic E-state index is 0.330. The first-order chi connectivity index (χ1) is 7.20. The van der Waals surface area contributed by atoms with Gasteiger partial charge in [0, 0.05) is 0 Å². The summed E-state index contributed by atoms with van der Waals surface area (Å²) in [5, 5.41) is 0. The molecule has 1 aromatic carbocycles. The smallest absolute Gasteiger partial charge is 0.322 e. The number of aryl methyl sites for hydroxylation is 1. The zero-order chi connectivity index (χ0) is 11.1. The van der Waals surface area contributed by atoms with E-state index in [9.17, 15) is 4.79 Å². The highest BCUT2D eigenvalue weighted by atomic mass is 16.5. The molecule has 0 radical (unpaired) electrons. The Bertz CT molecular complexity index is 296. The van der Waals surface area contributed by atoms with Crippen molar-refractivity contribution < 1.29 is 9.53 Å². The molecule has 0 spiro atoms. The number of hydrogen-bond acceptors (Lipinski definition) is 3. The van der Waals surface area contributed by atoms with Crippen LogP contribution in [0.25, 0.3) is 0 Å². The summed E-state index contributed by atoms with van der Waals surface area (Å²) < 4.78 is 4.96. The van der Waals surface area contributed by atoms with E-state index in [0.717, 1.165) is 12.8 Å². The molecule has 0 unspecified atom stereocenters. The molecule has 0 aromatic heterocycles. The van der Waals surface area contributed by atoms with Crippen molar-refractivity contribution in [2.45, 2.75) is 25.8 Å². The third kappa shape index (κ3) is 4.61. The normalized spacial score (nSPS) is 12.1. The quantitative estimate of drug-likeness (QED) is 0.588. The molecule has 0 saturated carbocycles. The van der Waals surface area contributed by atoms with Gasteiger partial charge in [-0.2, -0.15) is 0 Å². The van der Waals surface area contributed by atoms with Gasteiger partial charge < -0.3 is 10.5 Å². The number of hydrogen-bond donors (Lipinski definition) is 1. The minimum atomic E-state index is -0.526. The average molecular weight is 207 g/mol. The summed E-state index contributed by atoms with van der Waals surface area (Å²) in [6, 6.07) is 9.59. The molecule has 0 aliphatic heterocycles. The number of carbonyl (C=O) groups is 1. The maximum Gasteiger partial charge on any atom is 0.322 e. The van der Waals surface area contributed by atoms with Crippen molar-refractivity contribution >= 4 is 5.97 Å². The van der Waals surface area contributed by atoms with E-state index >= 15 is 0 Å². The average Bonchev–Trinajstić information content (AvgIpc) is 2.25. The van der Waals surface area contributed by atoms with Crippen LogP contribution in [0.2, 0.25) is 0 Å². The Morgan fingerprint density at radius 2 is 2.07 bits per heavy atom. The lowest BCUT2D eigenvalue weighted by Crippen LogP contribution is -2.29. The summed E-state index contributed by atoms with van der Waals surface area (Å²) in [5.41, 5.74) is 6.61. The van der Waals surface area contributed by atoms with Crippen molar-refractivity contribution in [2.24, 2.45) is 5.73 Å². The molecule has 3 nitrogen and oxygen atoms in total. The van der Waals surface area contributed by atoms with Crippen LogP contribution >= 0.6 is 0 Å². The lowest BCUT2D eigenvalue weighted by molar-refractivity contribution is -0.144. The van der Waals surface area contributed by atoms with Crippen LogP contribution < -0.4 is 5.73 Å². The summed E-state index contributed by atoms with van der Waals surface area (Å²) in [6.45, 7) is 2.06. The molecule has 82 valence electrons. The van der Waals surface area contributed by atoms with E-state index in [4.69, 9.17) is 10.5 Å². The molecule has 1 rings (SSSR count). The van der Waals surface area contributed by atoms with Crippen LogP contribution in [0.1, 0.15) is 18.9 Å². The lowest BCUT2D eigenvalue weighted by atomic mass is 10.1. The van der Waals surface area contributed by atoms with Crippen LogP contribution in [0.3, 0.4) is 0 Å². The molecule has 3 heteroatoms. The Morgan fingerprint density at radius 1 is 1.40 bits per heavy atom. The second-order valence-electron chi connectivity index (χ2n) is 3.55. The first-order valence-electron chi connectivity index (χ1n) is 5.16. The van der Waals surface area contributed by atoms with Crippen molar-refractivity contribution in [3.05, 3.63) is 35.9 Å². The second kappa shape index (κ2) is 6.19. The second-order valence-corrected chi connectivity index (χ2v) is 3.55. The van der Waals surface area contributed by atoms with Gasteiger partial charge in [-0.05, 0) is 25.3 Å². The summed E-state index contributed by atoms with van der Waals surface area (Å²) in [5.74, 6) is -0.330. The molecule has 1 atom stereocenters. The molecule has 15 heavy (non-hydrogen) atoms. The molecular weight excluding hydrogens is 190 g/mol. The Kier molecular flexibility index (Phi) is 4.84. The number of benzene rings is 1. The Hall–Kier alpha value is -1.35. The number of carbonyl (C=O) groups excluding carboxylic acids is 1. The number of ether oxygens (including phenoxy) is 1. The summed E-state index contributed by atoms with van der Waals surface area (Å²) >= 11 is 0. The van der Waals surface area contributed by atoms with E-state index in [1.807, 2.05) is 18.2 Å². The predicted octanol–water partition coefficient (Wildman–Crippen LogP) is 1.51. The fraction of sp³-hybridized carbons (Fsp3) is 0.417. The van der Waals surface area contributed by atoms with Gasteiger partial charge in [0.05, 0.1) is 6.61 Å². The van der Waals surface area contributed by atoms with Crippen LogP contribution in [0, 0.1) is 0 Å². The molecule has 0 bridgehead atoms. The van der Waals surface area contributed by atoms with E-state index < -0.39 is 6.04 Å². The van der Waals surface area contributed by atoms with E-state index in [1.54, 1.807) is 6.92 Å². The zero-order valence-electron chi connectivity index (χ0n) is 8.98. The molecule has 0 aliphatic rings. The first kappa shape index (κ1) is 11.7. The SMILES string of the molecule is C[C@H](N)C(=O)OCCCc1ccccc1. The van der Waals surface area contributed by atoms with Gasteiger partial charge in [-0.15, -0.1) is 0 Å². The highest BCUT2D eigenvalue weighted by molar-refractivity contribution is 5.74. The third-order valence-corrected chi connectivity index (χ3v) is 2.07. The van der Waals surface area contributed by atoms with Crippen molar-refractivity contribution in [2.75, 3.05) is 6.61 Å². The lowest BCUT2D eigenvalue weighted by Gasteiger charge is -2.06. The van der Waals surface area contributed by atoms with Crippen LogP contribution in [-0.2, 0) is 16.0 Å². The predicted molar refractivity (Wildman–Crippen MR) is 59.4 cm³/mol. The molecule has 0 heterocycles. The number of esters is 1. The van der Waals surface area contributed by atoms with Crippen LogP contribution in [0.5, 0.6) is 0 Å². The molecule has 0 amide bonds. The van der Waals surface area contributed by atoms with Crippen LogP contribution in [-0.4, -0.2) is 18.6 Å². The first-order valence-corrected chi connectivity index (χ1v) is 5.16. The minimum Gasteiger partial charge on any atom is -0.465 e. The van der Waals surface area contributed by atoms with Gasteiger partial charge >= 0.3 is 5.97 Å². The van der Waals surface area contributed by atoms with Gasteiger partial charge in [-0.1, -0.05) is 30.3 Å². The van der Waals surface area contributed by atoms with Gasteiger partial charge in [-0.3, -0.25) is 4.79 Å². The Balaban J connectivity index is 2.15. The number of rotatable bonds is 5. The Labute approximate surface area is 90.2 Å². The zero-order valence-corrected chi connectivity index (χ0v) is 8.98. The van der Waals surface area contributed by atoms with E-state index in [0.29, 0.717) is 6.61 Å².